The lowest BCUT2D eigenvalue weighted by atomic mass is 10.0. The topological polar surface area (TPSA) is 55.6 Å². The molecule has 19 heavy (non-hydrogen) atoms. The first-order valence-electron chi connectivity index (χ1n) is 7.20. The van der Waals surface area contributed by atoms with E-state index in [1.54, 1.807) is 0 Å². The Bertz CT molecular complexity index is 432. The van der Waals surface area contributed by atoms with Gasteiger partial charge < -0.3 is 5.32 Å². The third-order valence-corrected chi connectivity index (χ3v) is 4.93. The van der Waals surface area contributed by atoms with Crippen LogP contribution in [0, 0.1) is 16.7 Å². The van der Waals surface area contributed by atoms with Crippen molar-refractivity contribution in [2.24, 2.45) is 16.7 Å². The van der Waals surface area contributed by atoms with Gasteiger partial charge in [0.2, 0.25) is 0 Å². The van der Waals surface area contributed by atoms with Gasteiger partial charge in [0.1, 0.15) is 0 Å². The molecule has 1 aromatic rings. The molecule has 1 atom stereocenters. The highest BCUT2D eigenvalue weighted by Gasteiger charge is 2.67. The molecule has 0 saturated heterocycles. The van der Waals surface area contributed by atoms with Crippen LogP contribution in [0.1, 0.15) is 66.4 Å². The van der Waals surface area contributed by atoms with Gasteiger partial charge in [-0.15, -0.1) is 5.10 Å². The molecule has 1 heterocycles. The fourth-order valence-corrected chi connectivity index (χ4v) is 2.95. The summed E-state index contributed by atoms with van der Waals surface area (Å²) in [5, 5.41) is 15.8. The first-order chi connectivity index (χ1) is 8.69. The summed E-state index contributed by atoms with van der Waals surface area (Å²) in [7, 11) is 0. The minimum absolute atomic E-state index is 0.185. The molecule has 0 amide bonds. The zero-order valence-corrected chi connectivity index (χ0v) is 13.2. The predicted octanol–water partition coefficient (Wildman–Crippen LogP) is 2.59. The zero-order chi connectivity index (χ0) is 14.4. The van der Waals surface area contributed by atoms with E-state index >= 15 is 0 Å². The SMILES string of the molecule is CC(C)CNC(C)c1nnnn1C1C(C)(C)C1(C)C. The van der Waals surface area contributed by atoms with Gasteiger partial charge in [-0.05, 0) is 40.6 Å². The highest BCUT2D eigenvalue weighted by molar-refractivity contribution is 5.17. The molecule has 1 aromatic heterocycles. The van der Waals surface area contributed by atoms with E-state index < -0.39 is 0 Å². The van der Waals surface area contributed by atoms with Gasteiger partial charge in [0.05, 0.1) is 12.1 Å². The number of nitrogens with one attached hydrogen (secondary N) is 1. The summed E-state index contributed by atoms with van der Waals surface area (Å²) < 4.78 is 2.03. The molecule has 1 aliphatic carbocycles. The van der Waals surface area contributed by atoms with Crippen molar-refractivity contribution < 1.29 is 0 Å². The molecule has 1 fully saturated rings. The molecule has 1 N–H and O–H groups in total. The lowest BCUT2D eigenvalue weighted by Crippen LogP contribution is -2.26. The summed E-state index contributed by atoms with van der Waals surface area (Å²) in [5.74, 6) is 1.57. The van der Waals surface area contributed by atoms with Crippen LogP contribution in [0.4, 0.5) is 0 Å². The predicted molar refractivity (Wildman–Crippen MR) is 75.7 cm³/mol. The van der Waals surface area contributed by atoms with Crippen molar-refractivity contribution in [1.29, 1.82) is 0 Å². The van der Waals surface area contributed by atoms with Crippen LogP contribution in [-0.2, 0) is 0 Å². The summed E-state index contributed by atoms with van der Waals surface area (Å²) in [6, 6.07) is 0.567. The van der Waals surface area contributed by atoms with Crippen molar-refractivity contribution in [3.05, 3.63) is 5.82 Å². The van der Waals surface area contributed by atoms with Crippen LogP contribution in [0.5, 0.6) is 0 Å². The summed E-state index contributed by atoms with van der Waals surface area (Å²) in [6.45, 7) is 16.7. The molecule has 0 bridgehead atoms. The molecule has 108 valence electrons. The Hall–Kier alpha value is -0.970. The Balaban J connectivity index is 2.16. The molecular weight excluding hydrogens is 238 g/mol. The Morgan fingerprint density at radius 2 is 1.74 bits per heavy atom. The number of hydrogen-bond acceptors (Lipinski definition) is 4. The summed E-state index contributed by atoms with van der Waals surface area (Å²) >= 11 is 0. The van der Waals surface area contributed by atoms with Crippen molar-refractivity contribution in [3.63, 3.8) is 0 Å². The molecule has 0 radical (unpaired) electrons. The lowest BCUT2D eigenvalue weighted by molar-refractivity contribution is 0.428. The Morgan fingerprint density at radius 3 is 2.21 bits per heavy atom. The third-order valence-electron chi connectivity index (χ3n) is 4.93. The molecular formula is C14H27N5. The molecule has 5 nitrogen and oxygen atoms in total. The Labute approximate surface area is 116 Å². The van der Waals surface area contributed by atoms with Crippen LogP contribution in [0.25, 0.3) is 0 Å². The van der Waals surface area contributed by atoms with E-state index in [9.17, 15) is 0 Å². The molecule has 1 unspecified atom stereocenters. The molecule has 0 aliphatic heterocycles. The second-order valence-electron chi connectivity index (χ2n) is 7.35. The maximum Gasteiger partial charge on any atom is 0.168 e. The molecule has 1 saturated carbocycles. The highest BCUT2D eigenvalue weighted by Crippen LogP contribution is 2.71. The van der Waals surface area contributed by atoms with E-state index in [0.717, 1.165) is 12.4 Å². The van der Waals surface area contributed by atoms with Crippen LogP contribution < -0.4 is 5.32 Å². The van der Waals surface area contributed by atoms with Crippen LogP contribution in [0.3, 0.4) is 0 Å². The molecule has 1 aliphatic rings. The number of nitrogens with zero attached hydrogens (tertiary/aromatic N) is 4. The van der Waals surface area contributed by atoms with Gasteiger partial charge in [-0.25, -0.2) is 4.68 Å². The molecule has 0 aromatic carbocycles. The third kappa shape index (κ3) is 2.29. The molecule has 5 heteroatoms. The monoisotopic (exact) mass is 265 g/mol. The average molecular weight is 265 g/mol. The van der Waals surface area contributed by atoms with E-state index in [1.807, 2.05) is 4.68 Å². The van der Waals surface area contributed by atoms with Gasteiger partial charge in [-0.1, -0.05) is 41.5 Å². The lowest BCUT2D eigenvalue weighted by Gasteiger charge is -2.15. The summed E-state index contributed by atoms with van der Waals surface area (Å²) in [5.41, 5.74) is 0.490. The maximum atomic E-state index is 4.23. The van der Waals surface area contributed by atoms with Crippen molar-refractivity contribution >= 4 is 0 Å². The van der Waals surface area contributed by atoms with Gasteiger partial charge in [-0.2, -0.15) is 0 Å². The minimum atomic E-state index is 0.185. The van der Waals surface area contributed by atoms with Crippen molar-refractivity contribution in [2.45, 2.75) is 60.5 Å². The van der Waals surface area contributed by atoms with E-state index in [4.69, 9.17) is 0 Å². The fourth-order valence-electron chi connectivity index (χ4n) is 2.95. The Morgan fingerprint density at radius 1 is 1.16 bits per heavy atom. The number of hydrogen-bond donors (Lipinski definition) is 1. The maximum absolute atomic E-state index is 4.23. The second kappa shape index (κ2) is 4.54. The molecule has 0 spiro atoms. The van der Waals surface area contributed by atoms with Crippen LogP contribution in [0.2, 0.25) is 0 Å². The quantitative estimate of drug-likeness (QED) is 0.889. The van der Waals surface area contributed by atoms with Gasteiger partial charge in [0.25, 0.3) is 0 Å². The van der Waals surface area contributed by atoms with E-state index in [1.165, 1.54) is 0 Å². The van der Waals surface area contributed by atoms with Gasteiger partial charge in [0.15, 0.2) is 5.82 Å². The Kier molecular flexibility index (Phi) is 3.45. The van der Waals surface area contributed by atoms with Crippen LogP contribution >= 0.6 is 0 Å². The summed E-state index contributed by atoms with van der Waals surface area (Å²) in [6.07, 6.45) is 0. The molecule has 2 rings (SSSR count). The number of tetrazole rings is 1. The normalized spacial score (nSPS) is 22.7. The first kappa shape index (κ1) is 14.4. The van der Waals surface area contributed by atoms with Crippen LogP contribution in [-0.4, -0.2) is 26.8 Å². The van der Waals surface area contributed by atoms with E-state index in [2.05, 4.69) is 69.3 Å². The number of aromatic nitrogens is 4. The van der Waals surface area contributed by atoms with Gasteiger partial charge in [-0.3, -0.25) is 0 Å². The zero-order valence-electron chi connectivity index (χ0n) is 13.2. The summed E-state index contributed by atoms with van der Waals surface area (Å²) in [4.78, 5) is 0. The average Bonchev–Trinajstić information content (AvgIpc) is 2.69. The standard InChI is InChI=1S/C14H27N5/c1-9(2)8-15-10(3)11-16-17-18-19(11)12-13(4,5)14(12,6)7/h9-10,12,15H,8H2,1-7H3. The smallest absolute Gasteiger partial charge is 0.168 e. The second-order valence-corrected chi connectivity index (χ2v) is 7.35. The number of rotatable bonds is 5. The van der Waals surface area contributed by atoms with Crippen molar-refractivity contribution in [2.75, 3.05) is 6.54 Å². The van der Waals surface area contributed by atoms with Crippen molar-refractivity contribution in [3.8, 4) is 0 Å². The first-order valence-corrected chi connectivity index (χ1v) is 7.20. The van der Waals surface area contributed by atoms with Crippen LogP contribution in [0.15, 0.2) is 0 Å². The highest BCUT2D eigenvalue weighted by atomic mass is 15.6. The minimum Gasteiger partial charge on any atom is -0.307 e. The fraction of sp³-hybridized carbons (Fsp3) is 0.929. The van der Waals surface area contributed by atoms with Gasteiger partial charge in [0, 0.05) is 0 Å². The van der Waals surface area contributed by atoms with E-state index in [-0.39, 0.29) is 16.9 Å². The largest absolute Gasteiger partial charge is 0.307 e. The van der Waals surface area contributed by atoms with E-state index in [0.29, 0.717) is 12.0 Å². The van der Waals surface area contributed by atoms with Crippen molar-refractivity contribution in [1.82, 2.24) is 25.5 Å². The van der Waals surface area contributed by atoms with Gasteiger partial charge >= 0.3 is 0 Å².